The number of fused-ring (bicyclic) bond motifs is 8. The first kappa shape index (κ1) is 12.9. The number of nitrogens with zero attached hydrogens (tertiary/aromatic N) is 1. The highest BCUT2D eigenvalue weighted by atomic mass is 16.7. The van der Waals surface area contributed by atoms with Crippen molar-refractivity contribution in [2.45, 2.75) is 36.6 Å². The van der Waals surface area contributed by atoms with E-state index in [0.29, 0.717) is 0 Å². The molecular formula is C17H19NO4. The molecule has 0 amide bonds. The molecule has 5 rings (SSSR count). The van der Waals surface area contributed by atoms with Crippen LogP contribution < -0.4 is 9.47 Å². The summed E-state index contributed by atoms with van der Waals surface area (Å²) in [4.78, 5) is 2.38. The summed E-state index contributed by atoms with van der Waals surface area (Å²) >= 11 is 0. The third-order valence-electron chi connectivity index (χ3n) is 5.67. The fraction of sp³-hybridized carbons (Fsp3) is 0.529. The second kappa shape index (κ2) is 4.25. The number of methoxy groups -OCH3 is 1. The molecule has 5 nitrogen and oxygen atoms in total. The summed E-state index contributed by atoms with van der Waals surface area (Å²) in [6.45, 7) is 2.02. The minimum Gasteiger partial charge on any atom is -0.454 e. The molecule has 1 saturated heterocycles. The van der Waals surface area contributed by atoms with Crippen LogP contribution >= 0.6 is 0 Å². The maximum absolute atomic E-state index is 11.3. The number of benzene rings is 1. The van der Waals surface area contributed by atoms with E-state index in [4.69, 9.17) is 14.2 Å². The smallest absolute Gasteiger partial charge is 0.231 e. The van der Waals surface area contributed by atoms with Gasteiger partial charge in [-0.3, -0.25) is 4.90 Å². The van der Waals surface area contributed by atoms with Crippen LogP contribution in [0.5, 0.6) is 11.5 Å². The second-order valence-electron chi connectivity index (χ2n) is 6.66. The Morgan fingerprint density at radius 1 is 1.32 bits per heavy atom. The van der Waals surface area contributed by atoms with E-state index >= 15 is 0 Å². The summed E-state index contributed by atoms with van der Waals surface area (Å²) in [5.74, 6) is 1.71. The van der Waals surface area contributed by atoms with Gasteiger partial charge in [0.25, 0.3) is 0 Å². The van der Waals surface area contributed by atoms with Gasteiger partial charge in [0.05, 0.1) is 6.10 Å². The maximum Gasteiger partial charge on any atom is 0.231 e. The van der Waals surface area contributed by atoms with Gasteiger partial charge in [-0.25, -0.2) is 0 Å². The summed E-state index contributed by atoms with van der Waals surface area (Å²) < 4.78 is 16.5. The highest BCUT2D eigenvalue weighted by molar-refractivity contribution is 5.53. The molecule has 4 aliphatic rings. The Hall–Kier alpha value is -1.56. The molecule has 116 valence electrons. The van der Waals surface area contributed by atoms with E-state index in [0.717, 1.165) is 31.0 Å². The Morgan fingerprint density at radius 2 is 2.14 bits per heavy atom. The molecule has 1 N–H and O–H groups in total. The molecule has 1 fully saturated rings. The molecule has 2 bridgehead atoms. The van der Waals surface area contributed by atoms with Gasteiger partial charge in [0, 0.05) is 32.2 Å². The average Bonchev–Trinajstić information content (AvgIpc) is 3.07. The van der Waals surface area contributed by atoms with Gasteiger partial charge >= 0.3 is 0 Å². The lowest BCUT2D eigenvalue weighted by molar-refractivity contribution is -0.000904. The first-order chi connectivity index (χ1) is 10.7. The molecule has 0 radical (unpaired) electrons. The van der Waals surface area contributed by atoms with Gasteiger partial charge < -0.3 is 19.3 Å². The summed E-state index contributed by atoms with van der Waals surface area (Å²) in [6.07, 6.45) is 4.88. The van der Waals surface area contributed by atoms with Crippen LogP contribution in [0.1, 0.15) is 23.5 Å². The van der Waals surface area contributed by atoms with E-state index in [1.54, 1.807) is 7.11 Å². The van der Waals surface area contributed by atoms with E-state index in [-0.39, 0.29) is 24.9 Å². The third-order valence-corrected chi connectivity index (χ3v) is 5.67. The fourth-order valence-electron chi connectivity index (χ4n) is 4.53. The lowest BCUT2D eigenvalue weighted by Crippen LogP contribution is -2.48. The van der Waals surface area contributed by atoms with E-state index in [1.165, 1.54) is 11.1 Å². The molecular weight excluding hydrogens is 282 g/mol. The van der Waals surface area contributed by atoms with Crippen LogP contribution in [0.4, 0.5) is 0 Å². The Balaban J connectivity index is 1.61. The molecule has 1 aromatic rings. The zero-order chi connectivity index (χ0) is 14.9. The largest absolute Gasteiger partial charge is 0.454 e. The predicted molar refractivity (Wildman–Crippen MR) is 79.0 cm³/mol. The van der Waals surface area contributed by atoms with E-state index in [1.807, 2.05) is 12.2 Å². The van der Waals surface area contributed by atoms with Gasteiger partial charge in [-0.2, -0.15) is 0 Å². The molecule has 1 aliphatic carbocycles. The standard InChI is InChI=1S/C17H19NO4/c1-20-11-2-3-17(19)13-8-18(16(17)5-11)7-10-4-14-15(6-12(10)13)22-9-21-14/h2-4,6,11,13,16,19H,5,7-9H2,1H3/t11-,13+,16+,17-/m1/s1. The van der Waals surface area contributed by atoms with Crippen molar-refractivity contribution in [2.24, 2.45) is 0 Å². The molecule has 5 atom stereocenters. The van der Waals surface area contributed by atoms with Crippen LogP contribution in [-0.2, 0) is 11.3 Å². The van der Waals surface area contributed by atoms with Gasteiger partial charge in [-0.15, -0.1) is 0 Å². The van der Waals surface area contributed by atoms with Crippen LogP contribution in [0.25, 0.3) is 0 Å². The van der Waals surface area contributed by atoms with E-state index < -0.39 is 5.60 Å². The molecule has 3 heterocycles. The normalized spacial score (nSPS) is 40.5. The fourth-order valence-corrected chi connectivity index (χ4v) is 4.53. The topological polar surface area (TPSA) is 51.2 Å². The SMILES string of the molecule is CO[C@@H]1C=C[C@]2(O)[C@H](C1)N1Cc3cc4c(cc3[C@@H]2C1)OCO4. The van der Waals surface area contributed by atoms with Crippen molar-refractivity contribution >= 4 is 0 Å². The lowest BCUT2D eigenvalue weighted by Gasteiger charge is -2.37. The van der Waals surface area contributed by atoms with Crippen molar-refractivity contribution in [3.63, 3.8) is 0 Å². The van der Waals surface area contributed by atoms with Gasteiger partial charge in [0.1, 0.15) is 5.60 Å². The quantitative estimate of drug-likeness (QED) is 0.795. The molecule has 0 spiro atoms. The molecule has 0 aromatic heterocycles. The Kier molecular flexibility index (Phi) is 2.50. The predicted octanol–water partition coefficient (Wildman–Crippen LogP) is 1.40. The van der Waals surface area contributed by atoms with Crippen molar-refractivity contribution in [3.8, 4) is 11.5 Å². The van der Waals surface area contributed by atoms with E-state index in [2.05, 4.69) is 17.0 Å². The third kappa shape index (κ3) is 1.54. The summed E-state index contributed by atoms with van der Waals surface area (Å²) in [7, 11) is 1.73. The van der Waals surface area contributed by atoms with Crippen molar-refractivity contribution in [2.75, 3.05) is 20.4 Å². The first-order valence-corrected chi connectivity index (χ1v) is 7.80. The van der Waals surface area contributed by atoms with Gasteiger partial charge in [-0.05, 0) is 29.7 Å². The lowest BCUT2D eigenvalue weighted by atomic mass is 9.75. The van der Waals surface area contributed by atoms with Crippen LogP contribution in [0.15, 0.2) is 24.3 Å². The molecule has 5 heteroatoms. The minimum absolute atomic E-state index is 0.0874. The highest BCUT2D eigenvalue weighted by Gasteiger charge is 2.56. The first-order valence-electron chi connectivity index (χ1n) is 7.80. The van der Waals surface area contributed by atoms with Crippen LogP contribution in [0.3, 0.4) is 0 Å². The molecule has 22 heavy (non-hydrogen) atoms. The monoisotopic (exact) mass is 301 g/mol. The number of rotatable bonds is 1. The minimum atomic E-state index is -0.812. The number of hydrogen-bond donors (Lipinski definition) is 1. The zero-order valence-corrected chi connectivity index (χ0v) is 12.5. The average molecular weight is 301 g/mol. The Morgan fingerprint density at radius 3 is 2.95 bits per heavy atom. The van der Waals surface area contributed by atoms with Crippen molar-refractivity contribution in [1.82, 2.24) is 4.90 Å². The zero-order valence-electron chi connectivity index (χ0n) is 12.5. The Bertz CT molecular complexity index is 673. The van der Waals surface area contributed by atoms with Gasteiger partial charge in [0.2, 0.25) is 6.79 Å². The molecule has 0 saturated carbocycles. The number of hydrogen-bond acceptors (Lipinski definition) is 5. The molecule has 1 unspecified atom stereocenters. The van der Waals surface area contributed by atoms with Gasteiger partial charge in [0.15, 0.2) is 11.5 Å². The summed E-state index contributed by atoms with van der Waals surface area (Å²) in [5.41, 5.74) is 1.63. The van der Waals surface area contributed by atoms with Crippen LogP contribution in [0.2, 0.25) is 0 Å². The van der Waals surface area contributed by atoms with E-state index in [9.17, 15) is 5.11 Å². The van der Waals surface area contributed by atoms with Crippen molar-refractivity contribution < 1.29 is 19.3 Å². The number of aliphatic hydroxyl groups is 1. The molecule has 1 aromatic carbocycles. The maximum atomic E-state index is 11.3. The summed E-state index contributed by atoms with van der Waals surface area (Å²) in [5, 5.41) is 11.3. The highest BCUT2D eigenvalue weighted by Crippen LogP contribution is 2.52. The van der Waals surface area contributed by atoms with Gasteiger partial charge in [-0.1, -0.05) is 12.2 Å². The second-order valence-corrected chi connectivity index (χ2v) is 6.66. The van der Waals surface area contributed by atoms with Crippen LogP contribution in [-0.4, -0.2) is 48.2 Å². The Labute approximate surface area is 129 Å². The number of ether oxygens (including phenoxy) is 3. The van der Waals surface area contributed by atoms with Crippen molar-refractivity contribution in [3.05, 3.63) is 35.4 Å². The van der Waals surface area contributed by atoms with Crippen LogP contribution in [0, 0.1) is 0 Å². The van der Waals surface area contributed by atoms with Crippen molar-refractivity contribution in [1.29, 1.82) is 0 Å². The summed E-state index contributed by atoms with van der Waals surface area (Å²) in [6, 6.07) is 4.25. The molecule has 3 aliphatic heterocycles.